The molecule has 1 aliphatic rings. The predicted octanol–water partition coefficient (Wildman–Crippen LogP) is 2.50. The standard InChI is InChI=1S/C19H27N5O/c1-2-9-23-10-6-11-24-18(15-23)12-17(22-24)14-21-19(25)20-13-16-7-4-3-5-8-16/h3-5,7-8,12H,2,6,9-11,13-15H2,1H3,(H2,20,21,25). The zero-order valence-electron chi connectivity index (χ0n) is 14.9. The van der Waals surface area contributed by atoms with Gasteiger partial charge in [0.15, 0.2) is 0 Å². The van der Waals surface area contributed by atoms with Gasteiger partial charge < -0.3 is 10.6 Å². The second-order valence-electron chi connectivity index (χ2n) is 6.50. The third-order valence-corrected chi connectivity index (χ3v) is 4.41. The molecule has 2 aromatic rings. The first-order valence-corrected chi connectivity index (χ1v) is 9.08. The van der Waals surface area contributed by atoms with E-state index in [9.17, 15) is 4.79 Å². The number of carbonyl (C=O) groups excluding carboxylic acids is 1. The molecule has 2 amide bonds. The Balaban J connectivity index is 1.49. The molecule has 3 rings (SSSR count). The van der Waals surface area contributed by atoms with Crippen molar-refractivity contribution in [1.82, 2.24) is 25.3 Å². The van der Waals surface area contributed by atoms with E-state index in [1.54, 1.807) is 0 Å². The van der Waals surface area contributed by atoms with Gasteiger partial charge in [-0.2, -0.15) is 5.10 Å². The maximum atomic E-state index is 12.0. The summed E-state index contributed by atoms with van der Waals surface area (Å²) < 4.78 is 2.09. The number of hydrogen-bond donors (Lipinski definition) is 2. The highest BCUT2D eigenvalue weighted by molar-refractivity contribution is 5.73. The van der Waals surface area contributed by atoms with E-state index in [-0.39, 0.29) is 6.03 Å². The lowest BCUT2D eigenvalue weighted by molar-refractivity contribution is 0.240. The van der Waals surface area contributed by atoms with Crippen LogP contribution in [0.4, 0.5) is 4.79 Å². The maximum Gasteiger partial charge on any atom is 0.315 e. The normalized spacial score (nSPS) is 14.6. The molecule has 0 saturated heterocycles. The Hall–Kier alpha value is -2.34. The Labute approximate surface area is 149 Å². The molecule has 1 aromatic heterocycles. The lowest BCUT2D eigenvalue weighted by atomic mass is 10.2. The SMILES string of the molecule is CCCN1CCCn2nc(CNC(=O)NCc3ccccc3)cc2C1. The molecule has 6 nitrogen and oxygen atoms in total. The van der Waals surface area contributed by atoms with Crippen molar-refractivity contribution < 1.29 is 4.79 Å². The predicted molar refractivity (Wildman–Crippen MR) is 97.9 cm³/mol. The number of rotatable bonds is 6. The van der Waals surface area contributed by atoms with Crippen molar-refractivity contribution in [2.24, 2.45) is 0 Å². The van der Waals surface area contributed by atoms with Crippen LogP contribution < -0.4 is 10.6 Å². The third-order valence-electron chi connectivity index (χ3n) is 4.41. The summed E-state index contributed by atoms with van der Waals surface area (Å²) in [6.45, 7) is 7.35. The second-order valence-corrected chi connectivity index (χ2v) is 6.50. The topological polar surface area (TPSA) is 62.2 Å². The molecule has 0 saturated carbocycles. The molecule has 0 aliphatic carbocycles. The van der Waals surface area contributed by atoms with Gasteiger partial charge in [0.2, 0.25) is 0 Å². The van der Waals surface area contributed by atoms with Crippen LogP contribution in [0.3, 0.4) is 0 Å². The smallest absolute Gasteiger partial charge is 0.315 e. The van der Waals surface area contributed by atoms with Crippen LogP contribution in [0.5, 0.6) is 0 Å². The highest BCUT2D eigenvalue weighted by Gasteiger charge is 2.16. The fourth-order valence-corrected chi connectivity index (χ4v) is 3.19. The minimum atomic E-state index is -0.167. The summed E-state index contributed by atoms with van der Waals surface area (Å²) in [4.78, 5) is 14.4. The average molecular weight is 341 g/mol. The van der Waals surface area contributed by atoms with E-state index in [1.807, 2.05) is 30.3 Å². The van der Waals surface area contributed by atoms with Crippen LogP contribution in [0.2, 0.25) is 0 Å². The lowest BCUT2D eigenvalue weighted by Gasteiger charge is -2.17. The second kappa shape index (κ2) is 8.67. The Morgan fingerprint density at radius 1 is 1.16 bits per heavy atom. The Kier molecular flexibility index (Phi) is 6.06. The van der Waals surface area contributed by atoms with Crippen molar-refractivity contribution in [1.29, 1.82) is 0 Å². The molecule has 0 fully saturated rings. The van der Waals surface area contributed by atoms with E-state index in [0.29, 0.717) is 13.1 Å². The van der Waals surface area contributed by atoms with Gasteiger partial charge in [-0.25, -0.2) is 4.79 Å². The number of urea groups is 1. The van der Waals surface area contributed by atoms with Gasteiger partial charge in [-0.1, -0.05) is 37.3 Å². The van der Waals surface area contributed by atoms with Crippen LogP contribution in [-0.4, -0.2) is 33.8 Å². The fraction of sp³-hybridized carbons (Fsp3) is 0.474. The van der Waals surface area contributed by atoms with Crippen LogP contribution in [0.25, 0.3) is 0 Å². The molecule has 0 unspecified atom stereocenters. The molecule has 25 heavy (non-hydrogen) atoms. The Morgan fingerprint density at radius 3 is 2.76 bits per heavy atom. The molecular formula is C19H27N5O. The first-order chi connectivity index (χ1) is 12.2. The number of fused-ring (bicyclic) bond motifs is 1. The number of nitrogens with zero attached hydrogens (tertiary/aromatic N) is 3. The van der Waals surface area contributed by atoms with E-state index < -0.39 is 0 Å². The zero-order valence-corrected chi connectivity index (χ0v) is 14.9. The number of benzene rings is 1. The summed E-state index contributed by atoms with van der Waals surface area (Å²) >= 11 is 0. The maximum absolute atomic E-state index is 12.0. The highest BCUT2D eigenvalue weighted by Crippen LogP contribution is 2.14. The van der Waals surface area contributed by atoms with Crippen LogP contribution in [0, 0.1) is 0 Å². The van der Waals surface area contributed by atoms with Crippen LogP contribution in [-0.2, 0) is 26.2 Å². The highest BCUT2D eigenvalue weighted by atomic mass is 16.2. The fourth-order valence-electron chi connectivity index (χ4n) is 3.19. The monoisotopic (exact) mass is 341 g/mol. The van der Waals surface area contributed by atoms with Crippen molar-refractivity contribution in [3.05, 3.63) is 53.3 Å². The number of nitrogens with one attached hydrogen (secondary N) is 2. The quantitative estimate of drug-likeness (QED) is 0.849. The molecule has 0 spiro atoms. The van der Waals surface area contributed by atoms with Gasteiger partial charge in [0.05, 0.1) is 17.9 Å². The van der Waals surface area contributed by atoms with E-state index in [4.69, 9.17) is 0 Å². The molecule has 2 N–H and O–H groups in total. The average Bonchev–Trinajstić information content (AvgIpc) is 2.91. The molecule has 0 radical (unpaired) electrons. The molecule has 2 heterocycles. The van der Waals surface area contributed by atoms with Gasteiger partial charge in [-0.15, -0.1) is 0 Å². The van der Waals surface area contributed by atoms with E-state index in [1.165, 1.54) is 12.1 Å². The summed E-state index contributed by atoms with van der Waals surface area (Å²) in [7, 11) is 0. The van der Waals surface area contributed by atoms with Crippen molar-refractivity contribution in [3.8, 4) is 0 Å². The minimum Gasteiger partial charge on any atom is -0.334 e. The van der Waals surface area contributed by atoms with Gasteiger partial charge in [0, 0.05) is 26.2 Å². The van der Waals surface area contributed by atoms with Gasteiger partial charge in [0.1, 0.15) is 0 Å². The van der Waals surface area contributed by atoms with E-state index >= 15 is 0 Å². The first kappa shape index (κ1) is 17.5. The van der Waals surface area contributed by atoms with Crippen molar-refractivity contribution in [3.63, 3.8) is 0 Å². The van der Waals surface area contributed by atoms with Gasteiger partial charge in [-0.05, 0) is 31.0 Å². The molecular weight excluding hydrogens is 314 g/mol. The van der Waals surface area contributed by atoms with Gasteiger partial charge in [0.25, 0.3) is 0 Å². The molecule has 6 heteroatoms. The summed E-state index contributed by atoms with van der Waals surface area (Å²) in [6, 6.07) is 11.8. The summed E-state index contributed by atoms with van der Waals surface area (Å²) in [6.07, 6.45) is 2.29. The van der Waals surface area contributed by atoms with Gasteiger partial charge >= 0.3 is 6.03 Å². The molecule has 0 bridgehead atoms. The largest absolute Gasteiger partial charge is 0.334 e. The summed E-state index contributed by atoms with van der Waals surface area (Å²) in [5, 5.41) is 10.4. The molecule has 1 aliphatic heterocycles. The number of aromatic nitrogens is 2. The van der Waals surface area contributed by atoms with Crippen LogP contribution >= 0.6 is 0 Å². The number of amides is 2. The number of aryl methyl sites for hydroxylation is 1. The molecule has 1 aromatic carbocycles. The van der Waals surface area contributed by atoms with Crippen LogP contribution in [0.1, 0.15) is 36.7 Å². The van der Waals surface area contributed by atoms with Gasteiger partial charge in [-0.3, -0.25) is 9.58 Å². The Bertz CT molecular complexity index is 682. The summed E-state index contributed by atoms with van der Waals surface area (Å²) in [5.41, 5.74) is 3.25. The third kappa shape index (κ3) is 5.06. The number of carbonyl (C=O) groups is 1. The lowest BCUT2D eigenvalue weighted by Crippen LogP contribution is -2.34. The minimum absolute atomic E-state index is 0.167. The van der Waals surface area contributed by atoms with E-state index in [2.05, 4.69) is 38.3 Å². The zero-order chi connectivity index (χ0) is 17.5. The van der Waals surface area contributed by atoms with Crippen molar-refractivity contribution in [2.75, 3.05) is 13.1 Å². The first-order valence-electron chi connectivity index (χ1n) is 9.08. The summed E-state index contributed by atoms with van der Waals surface area (Å²) in [5.74, 6) is 0. The van der Waals surface area contributed by atoms with Crippen molar-refractivity contribution in [2.45, 2.75) is 45.9 Å². The van der Waals surface area contributed by atoms with Crippen LogP contribution in [0.15, 0.2) is 36.4 Å². The molecule has 0 atom stereocenters. The molecule has 134 valence electrons. The Morgan fingerprint density at radius 2 is 1.96 bits per heavy atom. The number of hydrogen-bond acceptors (Lipinski definition) is 3. The van der Waals surface area contributed by atoms with Crippen molar-refractivity contribution >= 4 is 6.03 Å². The van der Waals surface area contributed by atoms with E-state index in [0.717, 1.165) is 43.9 Å².